The van der Waals surface area contributed by atoms with E-state index in [1.54, 1.807) is 6.07 Å². The Balaban J connectivity index is 2.07. The van der Waals surface area contributed by atoms with Gasteiger partial charge in [-0.15, -0.1) is 0 Å². The Kier molecular flexibility index (Phi) is 5.80. The lowest BCUT2D eigenvalue weighted by molar-refractivity contribution is 0.470. The number of sulfone groups is 1. The van der Waals surface area contributed by atoms with Gasteiger partial charge in [0.2, 0.25) is 0 Å². The first kappa shape index (κ1) is 20.0. The SMILES string of the molecule is CCCCN=C1CCc2c(Oc3cc(F)cc(C#N)c3)ccc(S(C)(=O)=O)c21. The van der Waals surface area contributed by atoms with Crippen molar-refractivity contribution in [1.82, 2.24) is 0 Å². The normalized spacial score (nSPS) is 14.7. The highest BCUT2D eigenvalue weighted by atomic mass is 32.2. The first-order valence-corrected chi connectivity index (χ1v) is 11.0. The molecular formula is C21H21FN2O3S. The molecule has 0 saturated heterocycles. The summed E-state index contributed by atoms with van der Waals surface area (Å²) in [5.41, 5.74) is 2.28. The number of nitriles is 1. The molecule has 0 spiro atoms. The first-order valence-electron chi connectivity index (χ1n) is 9.11. The molecule has 146 valence electrons. The number of hydrogen-bond donors (Lipinski definition) is 0. The average Bonchev–Trinajstić information content (AvgIpc) is 3.05. The molecule has 0 saturated carbocycles. The van der Waals surface area contributed by atoms with Crippen LogP contribution >= 0.6 is 0 Å². The Morgan fingerprint density at radius 1 is 1.25 bits per heavy atom. The van der Waals surface area contributed by atoms with Gasteiger partial charge in [-0.3, -0.25) is 4.99 Å². The fraction of sp³-hybridized carbons (Fsp3) is 0.333. The van der Waals surface area contributed by atoms with Crippen molar-refractivity contribution < 1.29 is 17.5 Å². The number of ether oxygens (including phenoxy) is 1. The van der Waals surface area contributed by atoms with Gasteiger partial charge in [-0.05, 0) is 43.5 Å². The van der Waals surface area contributed by atoms with Gasteiger partial charge in [-0.2, -0.15) is 5.26 Å². The van der Waals surface area contributed by atoms with E-state index in [-0.39, 0.29) is 16.2 Å². The zero-order valence-electron chi connectivity index (χ0n) is 15.8. The lowest BCUT2D eigenvalue weighted by atomic mass is 10.1. The van der Waals surface area contributed by atoms with Crippen LogP contribution in [0, 0.1) is 17.1 Å². The van der Waals surface area contributed by atoms with Crippen LogP contribution < -0.4 is 4.74 Å². The number of aliphatic imine (C=N–C) groups is 1. The summed E-state index contributed by atoms with van der Waals surface area (Å²) in [6.45, 7) is 2.72. The molecular weight excluding hydrogens is 379 g/mol. The lowest BCUT2D eigenvalue weighted by Gasteiger charge is -2.14. The molecule has 1 aliphatic rings. The molecule has 0 aliphatic heterocycles. The first-order chi connectivity index (χ1) is 13.3. The zero-order valence-corrected chi connectivity index (χ0v) is 16.6. The van der Waals surface area contributed by atoms with E-state index in [4.69, 9.17) is 10.00 Å². The number of rotatable bonds is 6. The molecule has 0 fully saturated rings. The largest absolute Gasteiger partial charge is 0.457 e. The second-order valence-electron chi connectivity index (χ2n) is 6.76. The van der Waals surface area contributed by atoms with Gasteiger partial charge >= 0.3 is 0 Å². The summed E-state index contributed by atoms with van der Waals surface area (Å²) >= 11 is 0. The molecule has 2 aromatic rings. The quantitative estimate of drug-likeness (QED) is 0.672. The van der Waals surface area contributed by atoms with Crippen molar-refractivity contribution in [1.29, 1.82) is 5.26 Å². The third-order valence-corrected chi connectivity index (χ3v) is 5.71. The van der Waals surface area contributed by atoms with E-state index in [0.717, 1.165) is 30.2 Å². The molecule has 1 aliphatic carbocycles. The van der Waals surface area contributed by atoms with Crippen LogP contribution in [0.2, 0.25) is 0 Å². The van der Waals surface area contributed by atoms with Crippen LogP contribution in [0.3, 0.4) is 0 Å². The van der Waals surface area contributed by atoms with Gasteiger partial charge in [0.25, 0.3) is 0 Å². The number of hydrogen-bond acceptors (Lipinski definition) is 5. The smallest absolute Gasteiger partial charge is 0.176 e. The minimum Gasteiger partial charge on any atom is -0.457 e. The van der Waals surface area contributed by atoms with Crippen molar-refractivity contribution in [2.75, 3.05) is 12.8 Å². The predicted octanol–water partition coefficient (Wildman–Crippen LogP) is 4.43. The van der Waals surface area contributed by atoms with E-state index < -0.39 is 15.7 Å². The van der Waals surface area contributed by atoms with Gasteiger partial charge in [-0.1, -0.05) is 13.3 Å². The Morgan fingerprint density at radius 2 is 2.04 bits per heavy atom. The van der Waals surface area contributed by atoms with Crippen molar-refractivity contribution >= 4 is 15.5 Å². The molecule has 5 nitrogen and oxygen atoms in total. The lowest BCUT2D eigenvalue weighted by Crippen LogP contribution is -2.08. The molecule has 0 heterocycles. The third kappa shape index (κ3) is 4.23. The molecule has 3 rings (SSSR count). The maximum absolute atomic E-state index is 13.7. The van der Waals surface area contributed by atoms with Crippen LogP contribution in [0.25, 0.3) is 0 Å². The van der Waals surface area contributed by atoms with Gasteiger partial charge in [0, 0.05) is 35.7 Å². The number of benzene rings is 2. The summed E-state index contributed by atoms with van der Waals surface area (Å²) in [5.74, 6) is 0.0834. The summed E-state index contributed by atoms with van der Waals surface area (Å²) < 4.78 is 44.1. The molecule has 28 heavy (non-hydrogen) atoms. The summed E-state index contributed by atoms with van der Waals surface area (Å²) in [4.78, 5) is 4.85. The summed E-state index contributed by atoms with van der Waals surface area (Å²) in [7, 11) is -3.44. The van der Waals surface area contributed by atoms with Crippen molar-refractivity contribution in [2.45, 2.75) is 37.5 Å². The van der Waals surface area contributed by atoms with Crippen LogP contribution in [0.4, 0.5) is 4.39 Å². The van der Waals surface area contributed by atoms with Gasteiger partial charge in [-0.25, -0.2) is 12.8 Å². The van der Waals surface area contributed by atoms with Crippen molar-refractivity contribution in [2.24, 2.45) is 4.99 Å². The summed E-state index contributed by atoms with van der Waals surface area (Å²) in [6.07, 6.45) is 4.35. The fourth-order valence-electron chi connectivity index (χ4n) is 3.29. The zero-order chi connectivity index (χ0) is 20.3. The van der Waals surface area contributed by atoms with E-state index in [1.165, 1.54) is 24.5 Å². The predicted molar refractivity (Wildman–Crippen MR) is 105 cm³/mol. The fourth-order valence-corrected chi connectivity index (χ4v) is 4.22. The number of unbranched alkanes of at least 4 members (excludes halogenated alkanes) is 1. The highest BCUT2D eigenvalue weighted by Gasteiger charge is 2.29. The highest BCUT2D eigenvalue weighted by Crippen LogP contribution is 2.38. The van der Waals surface area contributed by atoms with Crippen LogP contribution in [-0.4, -0.2) is 26.9 Å². The number of nitrogens with zero attached hydrogens (tertiary/aromatic N) is 2. The van der Waals surface area contributed by atoms with E-state index in [2.05, 4.69) is 11.9 Å². The molecule has 0 N–H and O–H groups in total. The maximum Gasteiger partial charge on any atom is 0.176 e. The van der Waals surface area contributed by atoms with Gasteiger partial charge in [0.15, 0.2) is 9.84 Å². The topological polar surface area (TPSA) is 79.5 Å². The molecule has 0 aromatic heterocycles. The van der Waals surface area contributed by atoms with Gasteiger partial charge < -0.3 is 4.74 Å². The van der Waals surface area contributed by atoms with E-state index in [1.807, 2.05) is 6.07 Å². The second-order valence-corrected chi connectivity index (χ2v) is 8.74. The van der Waals surface area contributed by atoms with Crippen molar-refractivity contribution in [3.05, 3.63) is 52.8 Å². The van der Waals surface area contributed by atoms with E-state index in [9.17, 15) is 12.8 Å². The Bertz CT molecular complexity index is 1090. The molecule has 0 radical (unpaired) electrons. The minimum atomic E-state index is -3.44. The Morgan fingerprint density at radius 3 is 2.71 bits per heavy atom. The molecule has 0 atom stereocenters. The van der Waals surface area contributed by atoms with Crippen LogP contribution in [0.5, 0.6) is 11.5 Å². The molecule has 0 bridgehead atoms. The van der Waals surface area contributed by atoms with Crippen LogP contribution in [0.1, 0.15) is 42.9 Å². The maximum atomic E-state index is 13.7. The average molecular weight is 400 g/mol. The second kappa shape index (κ2) is 8.11. The number of fused-ring (bicyclic) bond motifs is 1. The summed E-state index contributed by atoms with van der Waals surface area (Å²) in [6, 6.07) is 8.76. The van der Waals surface area contributed by atoms with Gasteiger partial charge in [0.05, 0.1) is 16.5 Å². The third-order valence-electron chi connectivity index (χ3n) is 4.57. The van der Waals surface area contributed by atoms with Crippen molar-refractivity contribution in [3.8, 4) is 17.6 Å². The van der Waals surface area contributed by atoms with Gasteiger partial charge in [0.1, 0.15) is 17.3 Å². The Labute approximate surface area is 164 Å². The van der Waals surface area contributed by atoms with Crippen LogP contribution in [-0.2, 0) is 16.3 Å². The Hall–Kier alpha value is -2.72. The van der Waals surface area contributed by atoms with E-state index in [0.29, 0.717) is 30.7 Å². The van der Waals surface area contributed by atoms with Crippen molar-refractivity contribution in [3.63, 3.8) is 0 Å². The monoisotopic (exact) mass is 400 g/mol. The molecule has 0 amide bonds. The highest BCUT2D eigenvalue weighted by molar-refractivity contribution is 7.90. The summed E-state index contributed by atoms with van der Waals surface area (Å²) in [5, 5.41) is 9.02. The number of halogens is 1. The molecule has 7 heteroatoms. The minimum absolute atomic E-state index is 0.154. The standard InChI is InChI=1S/C21H21FN2O3S/c1-3-4-9-24-18-6-5-17-19(7-8-20(21(17)18)28(2,25)26)27-16-11-14(13-23)10-15(22)12-16/h7-8,10-12H,3-6,9H2,1-2H3. The van der Waals surface area contributed by atoms with Crippen LogP contribution in [0.15, 0.2) is 40.2 Å². The van der Waals surface area contributed by atoms with E-state index >= 15 is 0 Å². The molecule has 2 aromatic carbocycles. The molecule has 0 unspecified atom stereocenters.